The van der Waals surface area contributed by atoms with Crippen LogP contribution in [0.25, 0.3) is 11.0 Å². The maximum atomic E-state index is 13.0. The fourth-order valence-electron chi connectivity index (χ4n) is 3.08. The molecule has 4 nitrogen and oxygen atoms in total. The van der Waals surface area contributed by atoms with Gasteiger partial charge in [-0.1, -0.05) is 0 Å². The van der Waals surface area contributed by atoms with Crippen LogP contribution in [0, 0.1) is 0 Å². The van der Waals surface area contributed by atoms with Crippen molar-refractivity contribution in [2.24, 2.45) is 0 Å². The van der Waals surface area contributed by atoms with Crippen LogP contribution in [-0.2, 0) is 17.5 Å². The van der Waals surface area contributed by atoms with Crippen LogP contribution < -0.4 is 0 Å². The highest BCUT2D eigenvalue weighted by Gasteiger charge is 2.32. The number of alkyl halides is 3. The van der Waals surface area contributed by atoms with Crippen molar-refractivity contribution >= 4 is 11.0 Å². The van der Waals surface area contributed by atoms with Gasteiger partial charge in [0, 0.05) is 6.61 Å². The van der Waals surface area contributed by atoms with E-state index in [1.165, 1.54) is 6.07 Å². The number of fused-ring (bicyclic) bond motifs is 1. The quantitative estimate of drug-likeness (QED) is 0.704. The summed E-state index contributed by atoms with van der Waals surface area (Å²) in [5.74, 6) is 1.37. The Morgan fingerprint density at radius 1 is 1.25 bits per heavy atom. The van der Waals surface area contributed by atoms with E-state index < -0.39 is 11.7 Å². The van der Waals surface area contributed by atoms with Crippen molar-refractivity contribution in [3.63, 3.8) is 0 Å². The van der Waals surface area contributed by atoms with E-state index in [0.29, 0.717) is 35.8 Å². The lowest BCUT2D eigenvalue weighted by Crippen LogP contribution is -2.09. The van der Waals surface area contributed by atoms with Gasteiger partial charge < -0.3 is 13.7 Å². The molecule has 0 aliphatic carbocycles. The van der Waals surface area contributed by atoms with Gasteiger partial charge in [-0.3, -0.25) is 0 Å². The standard InChI is InChI=1S/C17H15F3N2O2/c18-17(19,20)11-5-6-14-13(9-11)21-16(15-4-2-8-24-15)22(14)10-12-3-1-7-23-12/h1,3,5-7,9,15H,2,4,8,10H2. The average molecular weight is 336 g/mol. The van der Waals surface area contributed by atoms with Crippen LogP contribution in [0.3, 0.4) is 0 Å². The zero-order valence-electron chi connectivity index (χ0n) is 12.7. The molecule has 0 spiro atoms. The number of furan rings is 1. The smallest absolute Gasteiger partial charge is 0.416 e. The summed E-state index contributed by atoms with van der Waals surface area (Å²) in [6, 6.07) is 7.25. The van der Waals surface area contributed by atoms with Gasteiger partial charge in [-0.25, -0.2) is 4.98 Å². The third-order valence-corrected chi connectivity index (χ3v) is 4.22. The van der Waals surface area contributed by atoms with E-state index in [2.05, 4.69) is 4.98 Å². The Morgan fingerprint density at radius 2 is 2.12 bits per heavy atom. The van der Waals surface area contributed by atoms with Crippen molar-refractivity contribution in [1.29, 1.82) is 0 Å². The molecule has 0 bridgehead atoms. The Hall–Kier alpha value is -2.28. The molecule has 1 atom stereocenters. The third kappa shape index (κ3) is 2.69. The van der Waals surface area contributed by atoms with E-state index in [9.17, 15) is 13.2 Å². The van der Waals surface area contributed by atoms with Crippen LogP contribution in [0.15, 0.2) is 41.0 Å². The maximum absolute atomic E-state index is 13.0. The molecule has 0 saturated carbocycles. The molecule has 1 saturated heterocycles. The first-order chi connectivity index (χ1) is 11.5. The van der Waals surface area contributed by atoms with Gasteiger partial charge in [0.15, 0.2) is 0 Å². The van der Waals surface area contributed by atoms with Gasteiger partial charge in [0.2, 0.25) is 0 Å². The first-order valence-electron chi connectivity index (χ1n) is 7.74. The van der Waals surface area contributed by atoms with Gasteiger partial charge >= 0.3 is 6.18 Å². The van der Waals surface area contributed by atoms with Crippen LogP contribution >= 0.6 is 0 Å². The number of ether oxygens (including phenoxy) is 1. The molecule has 3 heterocycles. The molecular formula is C17H15F3N2O2. The lowest BCUT2D eigenvalue weighted by atomic mass is 10.2. The summed E-state index contributed by atoms with van der Waals surface area (Å²) >= 11 is 0. The number of hydrogen-bond acceptors (Lipinski definition) is 3. The molecule has 3 aromatic rings. The summed E-state index contributed by atoms with van der Waals surface area (Å²) in [5, 5.41) is 0. The summed E-state index contributed by atoms with van der Waals surface area (Å²) in [6.07, 6.45) is -1.28. The summed E-state index contributed by atoms with van der Waals surface area (Å²) < 4.78 is 51.8. The number of benzene rings is 1. The second kappa shape index (κ2) is 5.66. The van der Waals surface area contributed by atoms with Crippen LogP contribution in [0.1, 0.15) is 36.1 Å². The molecule has 7 heteroatoms. The number of aromatic nitrogens is 2. The van der Waals surface area contributed by atoms with Gasteiger partial charge in [-0.05, 0) is 43.2 Å². The lowest BCUT2D eigenvalue weighted by Gasteiger charge is -2.12. The van der Waals surface area contributed by atoms with Crippen LogP contribution in [0.4, 0.5) is 13.2 Å². The predicted octanol–water partition coefficient (Wildman–Crippen LogP) is 4.55. The van der Waals surface area contributed by atoms with E-state index in [0.717, 1.165) is 25.0 Å². The van der Waals surface area contributed by atoms with Gasteiger partial charge in [0.1, 0.15) is 17.7 Å². The monoisotopic (exact) mass is 336 g/mol. The molecule has 2 aromatic heterocycles. The Labute approximate surface area is 135 Å². The Balaban J connectivity index is 1.84. The Bertz CT molecular complexity index is 847. The fraction of sp³-hybridized carbons (Fsp3) is 0.353. The molecule has 0 N–H and O–H groups in total. The topological polar surface area (TPSA) is 40.2 Å². The summed E-state index contributed by atoms with van der Waals surface area (Å²) in [7, 11) is 0. The van der Waals surface area contributed by atoms with Crippen molar-refractivity contribution in [2.75, 3.05) is 6.61 Å². The highest BCUT2D eigenvalue weighted by molar-refractivity contribution is 5.77. The molecule has 1 aliphatic heterocycles. The number of nitrogens with zero attached hydrogens (tertiary/aromatic N) is 2. The van der Waals surface area contributed by atoms with E-state index >= 15 is 0 Å². The highest BCUT2D eigenvalue weighted by atomic mass is 19.4. The highest BCUT2D eigenvalue weighted by Crippen LogP contribution is 2.34. The molecule has 4 rings (SSSR count). The second-order valence-corrected chi connectivity index (χ2v) is 5.84. The largest absolute Gasteiger partial charge is 0.467 e. The van der Waals surface area contributed by atoms with Crippen LogP contribution in [-0.4, -0.2) is 16.2 Å². The third-order valence-electron chi connectivity index (χ3n) is 4.22. The van der Waals surface area contributed by atoms with E-state index in [1.807, 2.05) is 10.6 Å². The Kier molecular flexibility index (Phi) is 3.60. The number of hydrogen-bond donors (Lipinski definition) is 0. The molecule has 0 radical (unpaired) electrons. The predicted molar refractivity (Wildman–Crippen MR) is 80.5 cm³/mol. The van der Waals surface area contributed by atoms with Crippen molar-refractivity contribution < 1.29 is 22.3 Å². The molecule has 1 aliphatic rings. The number of imidazole rings is 1. The number of halogens is 3. The zero-order valence-corrected chi connectivity index (χ0v) is 12.7. The normalized spacial score (nSPS) is 18.5. The SMILES string of the molecule is FC(F)(F)c1ccc2c(c1)nc(C1CCCO1)n2Cc1ccco1. The van der Waals surface area contributed by atoms with E-state index in [-0.39, 0.29) is 6.10 Å². The van der Waals surface area contributed by atoms with Crippen molar-refractivity contribution in [2.45, 2.75) is 31.7 Å². The minimum absolute atomic E-state index is 0.193. The van der Waals surface area contributed by atoms with Gasteiger partial charge in [0.25, 0.3) is 0 Å². The van der Waals surface area contributed by atoms with E-state index in [4.69, 9.17) is 9.15 Å². The molecule has 24 heavy (non-hydrogen) atoms. The van der Waals surface area contributed by atoms with Crippen molar-refractivity contribution in [3.8, 4) is 0 Å². The van der Waals surface area contributed by atoms with Crippen molar-refractivity contribution in [1.82, 2.24) is 9.55 Å². The minimum Gasteiger partial charge on any atom is -0.467 e. The lowest BCUT2D eigenvalue weighted by molar-refractivity contribution is -0.137. The fourth-order valence-corrected chi connectivity index (χ4v) is 3.08. The Morgan fingerprint density at radius 3 is 2.79 bits per heavy atom. The number of rotatable bonds is 3. The molecule has 1 unspecified atom stereocenters. The molecule has 126 valence electrons. The van der Waals surface area contributed by atoms with Gasteiger partial charge in [0.05, 0.1) is 29.4 Å². The van der Waals surface area contributed by atoms with Gasteiger partial charge in [-0.2, -0.15) is 13.2 Å². The first kappa shape index (κ1) is 15.3. The summed E-state index contributed by atoms with van der Waals surface area (Å²) in [4.78, 5) is 4.45. The van der Waals surface area contributed by atoms with Crippen molar-refractivity contribution in [3.05, 3.63) is 53.7 Å². The molecule has 1 fully saturated rings. The zero-order chi connectivity index (χ0) is 16.7. The average Bonchev–Trinajstić information content (AvgIpc) is 3.27. The maximum Gasteiger partial charge on any atom is 0.416 e. The van der Waals surface area contributed by atoms with Crippen LogP contribution in [0.2, 0.25) is 0 Å². The van der Waals surface area contributed by atoms with E-state index in [1.54, 1.807) is 12.3 Å². The summed E-state index contributed by atoms with van der Waals surface area (Å²) in [5.41, 5.74) is 0.267. The first-order valence-corrected chi connectivity index (χ1v) is 7.74. The second-order valence-electron chi connectivity index (χ2n) is 5.84. The summed E-state index contributed by atoms with van der Waals surface area (Å²) in [6.45, 7) is 1.05. The molecular weight excluding hydrogens is 321 g/mol. The van der Waals surface area contributed by atoms with Crippen LogP contribution in [0.5, 0.6) is 0 Å². The molecule has 1 aromatic carbocycles. The minimum atomic E-state index is -4.39. The molecule has 0 amide bonds. The van der Waals surface area contributed by atoms with Gasteiger partial charge in [-0.15, -0.1) is 0 Å².